The smallest absolute Gasteiger partial charge is 0.188 e. The third-order valence-corrected chi connectivity index (χ3v) is 3.99. The van der Waals surface area contributed by atoms with Gasteiger partial charge in [-0.1, -0.05) is 66.2 Å². The van der Waals surface area contributed by atoms with Crippen molar-refractivity contribution in [2.75, 3.05) is 6.54 Å². The number of rotatable bonds is 7. The Bertz CT molecular complexity index is 788. The number of ketones is 1. The van der Waals surface area contributed by atoms with Crippen LogP contribution in [0.4, 0.5) is 0 Å². The highest BCUT2D eigenvalue weighted by atomic mass is 35.5. The van der Waals surface area contributed by atoms with Crippen LogP contribution in [0.5, 0.6) is 0 Å². The van der Waals surface area contributed by atoms with Crippen molar-refractivity contribution < 1.29 is 4.79 Å². The molecular formula is C24H31Cl2N3O. The number of allylic oxidation sites excluding steroid dienone is 7. The molecule has 0 amide bonds. The van der Waals surface area contributed by atoms with Crippen LogP contribution in [-0.2, 0) is 0 Å². The number of aromatic nitrogens is 1. The molecule has 0 saturated carbocycles. The van der Waals surface area contributed by atoms with E-state index in [4.69, 9.17) is 23.2 Å². The number of hydrogen-bond donors (Lipinski definition) is 2. The van der Waals surface area contributed by atoms with E-state index in [1.807, 2.05) is 19.1 Å². The van der Waals surface area contributed by atoms with Crippen molar-refractivity contribution in [3.63, 3.8) is 0 Å². The van der Waals surface area contributed by atoms with Gasteiger partial charge < -0.3 is 5.32 Å². The molecule has 30 heavy (non-hydrogen) atoms. The zero-order valence-electron chi connectivity index (χ0n) is 17.9. The van der Waals surface area contributed by atoms with E-state index in [2.05, 4.69) is 66.6 Å². The number of carbonyl (C=O) groups is 1. The Morgan fingerprint density at radius 3 is 2.53 bits per heavy atom. The lowest BCUT2D eigenvalue weighted by atomic mass is 10.1. The molecular weight excluding hydrogens is 417 g/mol. The lowest BCUT2D eigenvalue weighted by Crippen LogP contribution is -2.38. The van der Waals surface area contributed by atoms with Gasteiger partial charge in [-0.15, -0.1) is 13.2 Å². The molecule has 162 valence electrons. The topological polar surface area (TPSA) is 54.0 Å². The monoisotopic (exact) mass is 447 g/mol. The van der Waals surface area contributed by atoms with Gasteiger partial charge in [0, 0.05) is 12.2 Å². The third kappa shape index (κ3) is 11.6. The van der Waals surface area contributed by atoms with Crippen LogP contribution in [0.25, 0.3) is 0 Å². The molecule has 1 aliphatic carbocycles. The van der Waals surface area contributed by atoms with E-state index in [0.29, 0.717) is 11.1 Å². The molecule has 4 nitrogen and oxygen atoms in total. The molecule has 1 atom stereocenters. The first-order valence-electron chi connectivity index (χ1n) is 9.51. The van der Waals surface area contributed by atoms with Gasteiger partial charge in [0.15, 0.2) is 5.78 Å². The van der Waals surface area contributed by atoms with Gasteiger partial charge in [-0.3, -0.25) is 10.1 Å². The minimum atomic E-state index is -0.244. The highest BCUT2D eigenvalue weighted by Gasteiger charge is 2.12. The van der Waals surface area contributed by atoms with Crippen molar-refractivity contribution in [2.45, 2.75) is 33.4 Å². The van der Waals surface area contributed by atoms with Gasteiger partial charge in [0.2, 0.25) is 0 Å². The van der Waals surface area contributed by atoms with Crippen LogP contribution in [0.15, 0.2) is 80.1 Å². The Kier molecular flexibility index (Phi) is 15.1. The first-order chi connectivity index (χ1) is 14.3. The highest BCUT2D eigenvalue weighted by Crippen LogP contribution is 2.21. The summed E-state index contributed by atoms with van der Waals surface area (Å²) in [6.45, 7) is 17.0. The molecule has 2 N–H and O–H groups in total. The molecule has 0 bridgehead atoms. The number of hydrogen-bond acceptors (Lipinski definition) is 4. The number of halogens is 2. The summed E-state index contributed by atoms with van der Waals surface area (Å²) in [6.07, 6.45) is 16.6. The van der Waals surface area contributed by atoms with Crippen molar-refractivity contribution in [1.29, 1.82) is 0 Å². The van der Waals surface area contributed by atoms with E-state index < -0.39 is 0 Å². The molecule has 0 aromatic carbocycles. The summed E-state index contributed by atoms with van der Waals surface area (Å²) >= 11 is 11.4. The lowest BCUT2D eigenvalue weighted by Gasteiger charge is -2.16. The zero-order valence-corrected chi connectivity index (χ0v) is 19.4. The first kappa shape index (κ1) is 27.6. The van der Waals surface area contributed by atoms with E-state index >= 15 is 0 Å². The summed E-state index contributed by atoms with van der Waals surface area (Å²) in [5, 5.41) is 7.05. The summed E-state index contributed by atoms with van der Waals surface area (Å²) in [7, 11) is 0. The molecule has 0 radical (unpaired) electrons. The maximum absolute atomic E-state index is 11.3. The SMILES string of the molecule is C=CC.C=CC(=O)c1c(C)cc(Cl)nc1Cl.C=CCNC(C)NC1=CCC=CC=C1. The second kappa shape index (κ2) is 16.4. The van der Waals surface area contributed by atoms with Crippen molar-refractivity contribution in [3.05, 3.63) is 102 Å². The maximum atomic E-state index is 11.3. The number of carbonyl (C=O) groups excluding carboxylic acids is 1. The van der Waals surface area contributed by atoms with Crippen LogP contribution in [0.2, 0.25) is 10.3 Å². The molecule has 0 fully saturated rings. The number of nitrogens with zero attached hydrogens (tertiary/aromatic N) is 1. The molecule has 0 aliphatic heterocycles. The van der Waals surface area contributed by atoms with Crippen LogP contribution >= 0.6 is 23.2 Å². The van der Waals surface area contributed by atoms with E-state index in [0.717, 1.165) is 13.0 Å². The molecule has 6 heteroatoms. The predicted molar refractivity (Wildman–Crippen MR) is 131 cm³/mol. The Balaban J connectivity index is 0.000000497. The Morgan fingerprint density at radius 1 is 1.30 bits per heavy atom. The van der Waals surface area contributed by atoms with Crippen molar-refractivity contribution in [3.8, 4) is 0 Å². The fourth-order valence-electron chi connectivity index (χ4n) is 2.24. The Labute approximate surface area is 190 Å². The van der Waals surface area contributed by atoms with Gasteiger partial charge in [-0.05, 0) is 51.0 Å². The van der Waals surface area contributed by atoms with Crippen LogP contribution in [0.1, 0.15) is 36.2 Å². The largest absolute Gasteiger partial charge is 0.370 e. The molecule has 0 saturated heterocycles. The van der Waals surface area contributed by atoms with Gasteiger partial charge in [0.25, 0.3) is 0 Å². The zero-order chi connectivity index (χ0) is 22.9. The maximum Gasteiger partial charge on any atom is 0.188 e. The second-order valence-electron chi connectivity index (χ2n) is 6.15. The summed E-state index contributed by atoms with van der Waals surface area (Å²) in [6, 6.07) is 1.59. The summed E-state index contributed by atoms with van der Waals surface area (Å²) < 4.78 is 0. The van der Waals surface area contributed by atoms with Gasteiger partial charge in [0.05, 0.1) is 11.7 Å². The summed E-state index contributed by atoms with van der Waals surface area (Å²) in [5.41, 5.74) is 2.23. The predicted octanol–water partition coefficient (Wildman–Crippen LogP) is 6.36. The third-order valence-electron chi connectivity index (χ3n) is 3.52. The van der Waals surface area contributed by atoms with Gasteiger partial charge in [-0.2, -0.15) is 0 Å². The van der Waals surface area contributed by atoms with E-state index in [1.54, 1.807) is 19.1 Å². The van der Waals surface area contributed by atoms with Crippen LogP contribution in [0.3, 0.4) is 0 Å². The standard InChI is InChI=1S/C12H18N2.C9H7Cl2NO.C3H6/c1-3-10-13-11(2)14-12-8-6-4-5-7-9-12;1-3-6(13)8-5(2)4-7(10)12-9(8)11;1-3-2/h3-6,8-9,11,13-14H,1,7,10H2,2H3;3-4H,1H2,2H3;3H,1H2,2H3. The lowest BCUT2D eigenvalue weighted by molar-refractivity contribution is 0.104. The summed E-state index contributed by atoms with van der Waals surface area (Å²) in [4.78, 5) is 15.0. The van der Waals surface area contributed by atoms with E-state index in [9.17, 15) is 4.79 Å². The van der Waals surface area contributed by atoms with Gasteiger partial charge in [-0.25, -0.2) is 4.98 Å². The van der Waals surface area contributed by atoms with Crippen LogP contribution < -0.4 is 10.6 Å². The minimum absolute atomic E-state index is 0.120. The van der Waals surface area contributed by atoms with Gasteiger partial charge >= 0.3 is 0 Å². The van der Waals surface area contributed by atoms with Crippen LogP contribution in [-0.4, -0.2) is 23.5 Å². The molecule has 1 aromatic rings. The first-order valence-corrected chi connectivity index (χ1v) is 10.3. The number of nitrogens with one attached hydrogen (secondary N) is 2. The second-order valence-corrected chi connectivity index (χ2v) is 6.89. The van der Waals surface area contributed by atoms with Crippen molar-refractivity contribution in [1.82, 2.24) is 15.6 Å². The molecule has 1 aromatic heterocycles. The average Bonchev–Trinajstić information content (AvgIpc) is 2.95. The molecule has 1 unspecified atom stereocenters. The number of pyridine rings is 1. The molecule has 2 rings (SSSR count). The van der Waals surface area contributed by atoms with Crippen molar-refractivity contribution >= 4 is 29.0 Å². The van der Waals surface area contributed by atoms with Crippen molar-refractivity contribution in [2.24, 2.45) is 0 Å². The quantitative estimate of drug-likeness (QED) is 0.168. The summed E-state index contributed by atoms with van der Waals surface area (Å²) in [5.74, 6) is -0.244. The van der Waals surface area contributed by atoms with Gasteiger partial charge in [0.1, 0.15) is 10.3 Å². The van der Waals surface area contributed by atoms with Crippen LogP contribution in [0, 0.1) is 6.92 Å². The minimum Gasteiger partial charge on any atom is -0.370 e. The number of aryl methyl sites for hydroxylation is 1. The van der Waals surface area contributed by atoms with E-state index in [-0.39, 0.29) is 22.3 Å². The van der Waals surface area contributed by atoms with E-state index in [1.165, 1.54) is 11.8 Å². The highest BCUT2D eigenvalue weighted by molar-refractivity contribution is 6.35. The Hall–Kier alpha value is -2.40. The Morgan fingerprint density at radius 2 is 1.97 bits per heavy atom. The average molecular weight is 448 g/mol. The molecule has 1 aliphatic rings. The normalized spacial score (nSPS) is 12.6. The molecule has 0 spiro atoms. The fraction of sp³-hybridized carbons (Fsp3) is 0.250. The fourth-order valence-corrected chi connectivity index (χ4v) is 2.87. The molecule has 1 heterocycles.